The van der Waals surface area contributed by atoms with Crippen LogP contribution in [0.3, 0.4) is 0 Å². The van der Waals surface area contributed by atoms with Gasteiger partial charge in [0.25, 0.3) is 5.91 Å². The number of piperidine rings is 1. The summed E-state index contributed by atoms with van der Waals surface area (Å²) in [4.78, 5) is 12.0. The second kappa shape index (κ2) is 5.31. The number of aryl methyl sites for hydroxylation is 2. The van der Waals surface area contributed by atoms with E-state index in [0.717, 1.165) is 32.5 Å². The highest BCUT2D eigenvalue weighted by Gasteiger charge is 2.19. The van der Waals surface area contributed by atoms with E-state index in [1.54, 1.807) is 13.8 Å². The normalized spacial score (nSPS) is 17.1. The van der Waals surface area contributed by atoms with E-state index in [-0.39, 0.29) is 5.91 Å². The van der Waals surface area contributed by atoms with Crippen LogP contribution in [0.2, 0.25) is 0 Å². The molecule has 1 aromatic rings. The van der Waals surface area contributed by atoms with Crippen LogP contribution >= 0.6 is 0 Å². The van der Waals surface area contributed by atoms with Gasteiger partial charge in [-0.25, -0.2) is 0 Å². The Morgan fingerprint density at radius 3 is 2.76 bits per heavy atom. The molecule has 0 saturated carbocycles. The molecule has 2 N–H and O–H groups in total. The first-order valence-electron chi connectivity index (χ1n) is 6.10. The van der Waals surface area contributed by atoms with E-state index >= 15 is 0 Å². The molecule has 0 aliphatic carbocycles. The van der Waals surface area contributed by atoms with Gasteiger partial charge in [-0.05, 0) is 45.7 Å². The van der Waals surface area contributed by atoms with Crippen LogP contribution < -0.4 is 10.6 Å². The van der Waals surface area contributed by atoms with Gasteiger partial charge in [-0.15, -0.1) is 0 Å². The minimum Gasteiger partial charge on any atom is -0.361 e. The molecule has 5 heteroatoms. The van der Waals surface area contributed by atoms with Gasteiger partial charge in [-0.1, -0.05) is 5.16 Å². The van der Waals surface area contributed by atoms with Gasteiger partial charge in [-0.2, -0.15) is 0 Å². The molecule has 0 bridgehead atoms. The molecule has 0 radical (unpaired) electrons. The maximum Gasteiger partial charge on any atom is 0.256 e. The lowest BCUT2D eigenvalue weighted by Gasteiger charge is -2.22. The second-order valence-corrected chi connectivity index (χ2v) is 4.60. The molecular formula is C12H19N3O2. The number of nitrogens with zero attached hydrogens (tertiary/aromatic N) is 1. The zero-order valence-corrected chi connectivity index (χ0v) is 10.4. The number of nitrogens with one attached hydrogen (secondary N) is 2. The summed E-state index contributed by atoms with van der Waals surface area (Å²) < 4.78 is 4.99. The van der Waals surface area contributed by atoms with E-state index in [0.29, 0.717) is 22.9 Å². The van der Waals surface area contributed by atoms with Gasteiger partial charge in [0, 0.05) is 6.54 Å². The molecule has 2 rings (SSSR count). The molecule has 2 heterocycles. The highest BCUT2D eigenvalue weighted by atomic mass is 16.5. The lowest BCUT2D eigenvalue weighted by molar-refractivity contribution is 0.0942. The summed E-state index contributed by atoms with van der Waals surface area (Å²) in [5, 5.41) is 10.1. The molecule has 5 nitrogen and oxygen atoms in total. The van der Waals surface area contributed by atoms with Gasteiger partial charge in [0.05, 0.1) is 5.69 Å². The maximum absolute atomic E-state index is 12.0. The van der Waals surface area contributed by atoms with Crippen molar-refractivity contribution in [2.24, 2.45) is 5.92 Å². The average Bonchev–Trinajstić information content (AvgIpc) is 2.67. The van der Waals surface area contributed by atoms with Crippen molar-refractivity contribution in [3.63, 3.8) is 0 Å². The van der Waals surface area contributed by atoms with Crippen LogP contribution in [0.25, 0.3) is 0 Å². The van der Waals surface area contributed by atoms with Gasteiger partial charge < -0.3 is 15.2 Å². The van der Waals surface area contributed by atoms with Crippen molar-refractivity contribution >= 4 is 5.91 Å². The molecule has 1 saturated heterocycles. The van der Waals surface area contributed by atoms with Gasteiger partial charge in [0.1, 0.15) is 11.3 Å². The average molecular weight is 237 g/mol. The largest absolute Gasteiger partial charge is 0.361 e. The van der Waals surface area contributed by atoms with E-state index in [1.165, 1.54) is 0 Å². The van der Waals surface area contributed by atoms with Crippen LogP contribution in [0.15, 0.2) is 4.52 Å². The molecule has 1 aliphatic rings. The Morgan fingerprint density at radius 2 is 2.18 bits per heavy atom. The number of hydrogen-bond acceptors (Lipinski definition) is 4. The van der Waals surface area contributed by atoms with Crippen molar-refractivity contribution in [2.45, 2.75) is 26.7 Å². The Morgan fingerprint density at radius 1 is 1.47 bits per heavy atom. The van der Waals surface area contributed by atoms with Crippen LogP contribution in [-0.4, -0.2) is 30.7 Å². The molecule has 1 aliphatic heterocycles. The minimum atomic E-state index is -0.0696. The summed E-state index contributed by atoms with van der Waals surface area (Å²) >= 11 is 0. The van der Waals surface area contributed by atoms with Gasteiger partial charge in [0.15, 0.2) is 0 Å². The van der Waals surface area contributed by atoms with Crippen LogP contribution in [-0.2, 0) is 0 Å². The van der Waals surface area contributed by atoms with Crippen molar-refractivity contribution in [1.29, 1.82) is 0 Å². The first-order valence-corrected chi connectivity index (χ1v) is 6.10. The molecule has 0 atom stereocenters. The SMILES string of the molecule is Cc1noc(C)c1C(=O)NCC1CCNCC1. The third-order valence-corrected chi connectivity index (χ3v) is 3.27. The Bertz CT molecular complexity index is 375. The zero-order chi connectivity index (χ0) is 12.3. The lowest BCUT2D eigenvalue weighted by atomic mass is 9.98. The molecule has 1 fully saturated rings. The Hall–Kier alpha value is -1.36. The smallest absolute Gasteiger partial charge is 0.256 e. The molecule has 1 amide bonds. The fourth-order valence-corrected chi connectivity index (χ4v) is 2.22. The number of hydrogen-bond donors (Lipinski definition) is 2. The molecule has 17 heavy (non-hydrogen) atoms. The molecule has 94 valence electrons. The third-order valence-electron chi connectivity index (χ3n) is 3.27. The van der Waals surface area contributed by atoms with Gasteiger partial charge >= 0.3 is 0 Å². The Kier molecular flexibility index (Phi) is 3.78. The zero-order valence-electron chi connectivity index (χ0n) is 10.4. The summed E-state index contributed by atoms with van der Waals surface area (Å²) in [7, 11) is 0. The molecule has 0 aromatic carbocycles. The van der Waals surface area contributed by atoms with E-state index in [2.05, 4.69) is 15.8 Å². The fraction of sp³-hybridized carbons (Fsp3) is 0.667. The second-order valence-electron chi connectivity index (χ2n) is 4.60. The van der Waals surface area contributed by atoms with E-state index in [1.807, 2.05) is 0 Å². The molecule has 0 unspecified atom stereocenters. The molecule has 0 spiro atoms. The molecular weight excluding hydrogens is 218 g/mol. The van der Waals surface area contributed by atoms with E-state index in [4.69, 9.17) is 4.52 Å². The lowest BCUT2D eigenvalue weighted by Crippen LogP contribution is -2.36. The standard InChI is InChI=1S/C12H19N3O2/c1-8-11(9(2)17-15-8)12(16)14-7-10-3-5-13-6-4-10/h10,13H,3-7H2,1-2H3,(H,14,16). The fourth-order valence-electron chi connectivity index (χ4n) is 2.22. The monoisotopic (exact) mass is 237 g/mol. The number of amides is 1. The predicted octanol–water partition coefficient (Wildman–Crippen LogP) is 1.02. The van der Waals surface area contributed by atoms with Crippen LogP contribution in [0.5, 0.6) is 0 Å². The van der Waals surface area contributed by atoms with E-state index < -0.39 is 0 Å². The maximum atomic E-state index is 12.0. The van der Waals surface area contributed by atoms with Gasteiger partial charge in [0.2, 0.25) is 0 Å². The Balaban J connectivity index is 1.89. The quantitative estimate of drug-likeness (QED) is 0.823. The minimum absolute atomic E-state index is 0.0696. The van der Waals surface area contributed by atoms with E-state index in [9.17, 15) is 4.79 Å². The summed E-state index contributed by atoms with van der Waals surface area (Å²) in [5.74, 6) is 1.10. The first-order chi connectivity index (χ1) is 8.18. The topological polar surface area (TPSA) is 67.2 Å². The number of aromatic nitrogens is 1. The van der Waals surface area contributed by atoms with Crippen molar-refractivity contribution < 1.29 is 9.32 Å². The number of carbonyl (C=O) groups excluding carboxylic acids is 1. The van der Waals surface area contributed by atoms with Crippen LogP contribution in [0.1, 0.15) is 34.7 Å². The Labute approximate surface area is 101 Å². The van der Waals surface area contributed by atoms with Crippen LogP contribution in [0, 0.1) is 19.8 Å². The summed E-state index contributed by atoms with van der Waals surface area (Å²) in [6, 6.07) is 0. The number of rotatable bonds is 3. The first kappa shape index (κ1) is 12.1. The van der Waals surface area contributed by atoms with Gasteiger partial charge in [-0.3, -0.25) is 4.79 Å². The highest BCUT2D eigenvalue weighted by molar-refractivity contribution is 5.96. The number of carbonyl (C=O) groups is 1. The highest BCUT2D eigenvalue weighted by Crippen LogP contribution is 2.13. The van der Waals surface area contributed by atoms with Crippen molar-refractivity contribution in [2.75, 3.05) is 19.6 Å². The van der Waals surface area contributed by atoms with Crippen molar-refractivity contribution in [3.8, 4) is 0 Å². The predicted molar refractivity (Wildman–Crippen MR) is 63.9 cm³/mol. The van der Waals surface area contributed by atoms with Crippen molar-refractivity contribution in [3.05, 3.63) is 17.0 Å². The summed E-state index contributed by atoms with van der Waals surface area (Å²) in [5.41, 5.74) is 1.24. The summed E-state index contributed by atoms with van der Waals surface area (Å²) in [6.07, 6.45) is 2.25. The molecule has 1 aromatic heterocycles. The summed E-state index contributed by atoms with van der Waals surface area (Å²) in [6.45, 7) is 6.39. The third kappa shape index (κ3) is 2.85. The van der Waals surface area contributed by atoms with Crippen molar-refractivity contribution in [1.82, 2.24) is 15.8 Å². The van der Waals surface area contributed by atoms with Crippen LogP contribution in [0.4, 0.5) is 0 Å².